The number of likely N-dealkylation sites (N-methyl/N-ethyl adjacent to an activating group) is 1. The van der Waals surface area contributed by atoms with Crippen LogP contribution in [0.4, 0.5) is 5.69 Å². The molecular weight excluding hydrogens is 586 g/mol. The van der Waals surface area contributed by atoms with E-state index in [4.69, 9.17) is 0 Å². The van der Waals surface area contributed by atoms with Gasteiger partial charge in [0, 0.05) is 25.7 Å². The highest BCUT2D eigenvalue weighted by atomic mass is 32.1. The average Bonchev–Trinajstić information content (AvgIpc) is 3.49. The highest BCUT2D eigenvalue weighted by Gasteiger charge is 2.48. The molecule has 1 atom stereocenters. The molecule has 4 amide bonds. The van der Waals surface area contributed by atoms with Crippen LogP contribution in [0.2, 0.25) is 0 Å². The predicted octanol–water partition coefficient (Wildman–Crippen LogP) is 1.60. The van der Waals surface area contributed by atoms with Crippen molar-refractivity contribution in [1.82, 2.24) is 30.1 Å². The van der Waals surface area contributed by atoms with Crippen molar-refractivity contribution in [2.75, 3.05) is 12.4 Å². The van der Waals surface area contributed by atoms with Gasteiger partial charge in [-0.15, -0.1) is 5.10 Å². The van der Waals surface area contributed by atoms with Crippen LogP contribution in [-0.2, 0) is 25.7 Å². The van der Waals surface area contributed by atoms with Gasteiger partial charge in [-0.05, 0) is 91.8 Å². The van der Waals surface area contributed by atoms with Crippen LogP contribution < -0.4 is 26.8 Å². The molecular formula is C30H39N7O6S. The lowest BCUT2D eigenvalue weighted by Gasteiger charge is -2.54. The maximum Gasteiger partial charge on any atom is 0.287 e. The molecule has 4 saturated carbocycles. The minimum atomic E-state index is -1.26. The van der Waals surface area contributed by atoms with E-state index < -0.39 is 35.1 Å². The van der Waals surface area contributed by atoms with Crippen LogP contribution in [0, 0.1) is 23.7 Å². The highest BCUT2D eigenvalue weighted by Crippen LogP contribution is 2.53. The first-order chi connectivity index (χ1) is 21.0. The van der Waals surface area contributed by atoms with Gasteiger partial charge in [0.2, 0.25) is 17.6 Å². The molecule has 4 bridgehead atoms. The van der Waals surface area contributed by atoms with E-state index in [0.717, 1.165) is 49.1 Å². The highest BCUT2D eigenvalue weighted by molar-refractivity contribution is 7.08. The van der Waals surface area contributed by atoms with Crippen molar-refractivity contribution in [2.45, 2.75) is 83.3 Å². The average molecular weight is 626 g/mol. The number of hydrogen-bond acceptors (Lipinski definition) is 9. The number of hydrogen-bond donors (Lipinski definition) is 4. The zero-order valence-electron chi connectivity index (χ0n) is 25.1. The van der Waals surface area contributed by atoms with Crippen LogP contribution in [0.15, 0.2) is 23.1 Å². The molecule has 4 aliphatic carbocycles. The molecule has 236 valence electrons. The Balaban J connectivity index is 1.26. The Bertz CT molecular complexity index is 1470. The summed E-state index contributed by atoms with van der Waals surface area (Å²) in [6.07, 6.45) is 6.92. The normalized spacial score (nSPS) is 24.0. The molecule has 0 aliphatic heterocycles. The molecule has 4 fully saturated rings. The van der Waals surface area contributed by atoms with Crippen molar-refractivity contribution in [3.05, 3.63) is 39.3 Å². The maximum absolute atomic E-state index is 13.4. The Morgan fingerprint density at radius 3 is 2.36 bits per heavy atom. The summed E-state index contributed by atoms with van der Waals surface area (Å²) in [6.45, 7) is 3.51. The number of pyridine rings is 1. The van der Waals surface area contributed by atoms with Crippen molar-refractivity contribution in [3.63, 3.8) is 0 Å². The lowest BCUT2D eigenvalue weighted by atomic mass is 9.54. The summed E-state index contributed by atoms with van der Waals surface area (Å²) >= 11 is 0.879. The molecule has 0 radical (unpaired) electrons. The molecule has 2 aromatic heterocycles. The first-order valence-electron chi connectivity index (χ1n) is 15.2. The number of nitrogens with one attached hydrogen (secondary N) is 4. The van der Waals surface area contributed by atoms with Gasteiger partial charge in [0.05, 0.1) is 5.69 Å². The molecule has 13 nitrogen and oxygen atoms in total. The number of carbonyl (C=O) groups is 5. The monoisotopic (exact) mass is 625 g/mol. The summed E-state index contributed by atoms with van der Waals surface area (Å²) in [6, 6.07) is 1.84. The summed E-state index contributed by atoms with van der Waals surface area (Å²) < 4.78 is 5.08. The molecule has 4 N–H and O–H groups in total. The second-order valence-corrected chi connectivity index (χ2v) is 13.3. The third-order valence-electron chi connectivity index (χ3n) is 9.17. The van der Waals surface area contributed by atoms with Crippen molar-refractivity contribution < 1.29 is 24.0 Å². The van der Waals surface area contributed by atoms with Gasteiger partial charge in [0.1, 0.15) is 23.2 Å². The number of amides is 4. The van der Waals surface area contributed by atoms with Crippen LogP contribution in [0.5, 0.6) is 0 Å². The third kappa shape index (κ3) is 6.90. The van der Waals surface area contributed by atoms with E-state index in [-0.39, 0.29) is 47.8 Å². The molecule has 0 unspecified atom stereocenters. The SMILES string of the molecule is CNC(=O)C(=O)CC[C@H](NC(=O)c1snnc1C(C)C)C(=O)Nc1cccn(CC(=O)NC2C3CC4CC(C3)CC2C4)c1=O. The molecule has 2 aromatic rings. The van der Waals surface area contributed by atoms with E-state index in [1.165, 1.54) is 30.3 Å². The number of nitrogens with zero attached hydrogens (tertiary/aromatic N) is 3. The number of carbonyl (C=O) groups excluding carboxylic acids is 5. The topological polar surface area (TPSA) is 181 Å². The van der Waals surface area contributed by atoms with Gasteiger partial charge in [0.25, 0.3) is 17.4 Å². The lowest BCUT2D eigenvalue weighted by molar-refractivity contribution is -0.137. The van der Waals surface area contributed by atoms with Crippen molar-refractivity contribution in [3.8, 4) is 0 Å². The third-order valence-corrected chi connectivity index (χ3v) is 9.92. The van der Waals surface area contributed by atoms with Crippen LogP contribution in [0.25, 0.3) is 0 Å². The Kier molecular flexibility index (Phi) is 9.56. The van der Waals surface area contributed by atoms with Crippen LogP contribution in [0.3, 0.4) is 0 Å². The van der Waals surface area contributed by atoms with Crippen LogP contribution in [-0.4, -0.2) is 62.7 Å². The fourth-order valence-corrected chi connectivity index (χ4v) is 8.00. The summed E-state index contributed by atoms with van der Waals surface area (Å²) in [5.41, 5.74) is -0.202. The maximum atomic E-state index is 13.4. The molecule has 4 aliphatic rings. The minimum Gasteiger partial charge on any atom is -0.353 e. The Labute approximate surface area is 259 Å². The first kappa shape index (κ1) is 31.5. The van der Waals surface area contributed by atoms with Gasteiger partial charge in [-0.25, -0.2) is 0 Å². The Morgan fingerprint density at radius 2 is 1.73 bits per heavy atom. The van der Waals surface area contributed by atoms with Crippen molar-refractivity contribution in [1.29, 1.82) is 0 Å². The van der Waals surface area contributed by atoms with E-state index in [1.54, 1.807) is 6.07 Å². The molecule has 0 saturated heterocycles. The molecule has 6 rings (SSSR count). The number of aromatic nitrogens is 3. The fourth-order valence-electron chi connectivity index (χ4n) is 7.28. The first-order valence-corrected chi connectivity index (χ1v) is 16.0. The summed E-state index contributed by atoms with van der Waals surface area (Å²) in [7, 11) is 1.32. The van der Waals surface area contributed by atoms with Gasteiger partial charge in [-0.2, -0.15) is 0 Å². The number of anilines is 1. The molecule has 0 spiro atoms. The van der Waals surface area contributed by atoms with Gasteiger partial charge in [-0.3, -0.25) is 28.8 Å². The largest absolute Gasteiger partial charge is 0.353 e. The van der Waals surface area contributed by atoms with Gasteiger partial charge in [0.15, 0.2) is 0 Å². The van der Waals surface area contributed by atoms with Gasteiger partial charge < -0.3 is 25.8 Å². The van der Waals surface area contributed by atoms with E-state index in [2.05, 4.69) is 30.9 Å². The number of Topliss-reactive ketones (excluding diaryl/α,β-unsaturated/α-hetero) is 1. The van der Waals surface area contributed by atoms with Crippen molar-refractivity contribution in [2.24, 2.45) is 23.7 Å². The van der Waals surface area contributed by atoms with E-state index >= 15 is 0 Å². The van der Waals surface area contributed by atoms with Gasteiger partial charge >= 0.3 is 0 Å². The van der Waals surface area contributed by atoms with E-state index in [9.17, 15) is 28.8 Å². The number of ketones is 1. The van der Waals surface area contributed by atoms with Crippen LogP contribution >= 0.6 is 11.5 Å². The predicted molar refractivity (Wildman–Crippen MR) is 162 cm³/mol. The lowest BCUT2D eigenvalue weighted by Crippen LogP contribution is -2.56. The van der Waals surface area contributed by atoms with Crippen molar-refractivity contribution >= 4 is 46.6 Å². The zero-order valence-corrected chi connectivity index (χ0v) is 25.9. The molecule has 2 heterocycles. The Hall–Kier alpha value is -3.94. The minimum absolute atomic E-state index is 0.0841. The van der Waals surface area contributed by atoms with Crippen LogP contribution in [0.1, 0.15) is 80.1 Å². The number of rotatable bonds is 12. The standard InChI is InChI=1S/C30H39N7O6S/c1-15(2)24-26(44-36-35-24)29(42)32-20(6-7-22(38)28(41)31-3)27(40)33-21-5-4-8-37(30(21)43)14-23(39)34-25-18-10-16-9-17(12-18)13-19(25)11-16/h4-5,8,15-20,25H,6-7,9-14H2,1-3H3,(H,31,41)(H,32,42)(H,33,40)(H,34,39)/t16?,17?,18?,19?,20-,25?/m0/s1. The van der Waals surface area contributed by atoms with Gasteiger partial charge in [-0.1, -0.05) is 18.3 Å². The second-order valence-electron chi connectivity index (χ2n) is 12.6. The smallest absolute Gasteiger partial charge is 0.287 e. The zero-order chi connectivity index (χ0) is 31.5. The molecule has 14 heteroatoms. The Morgan fingerprint density at radius 1 is 1.05 bits per heavy atom. The summed E-state index contributed by atoms with van der Waals surface area (Å²) in [5.74, 6) is -0.724. The quantitative estimate of drug-likeness (QED) is 0.257. The summed E-state index contributed by atoms with van der Waals surface area (Å²) in [4.78, 5) is 77.0. The molecule has 44 heavy (non-hydrogen) atoms. The summed E-state index contributed by atoms with van der Waals surface area (Å²) in [5, 5.41) is 14.6. The van der Waals surface area contributed by atoms with E-state index in [0.29, 0.717) is 17.5 Å². The second kappa shape index (κ2) is 13.4. The fraction of sp³-hybridized carbons (Fsp3) is 0.600. The van der Waals surface area contributed by atoms with E-state index in [1.807, 2.05) is 13.8 Å². The molecule has 0 aromatic carbocycles.